The van der Waals surface area contributed by atoms with E-state index in [4.69, 9.17) is 4.42 Å². The summed E-state index contributed by atoms with van der Waals surface area (Å²) in [6.45, 7) is 0.266. The molecular weight excluding hydrogens is 420 g/mol. The van der Waals surface area contributed by atoms with Crippen LogP contribution in [0.2, 0.25) is 0 Å². The van der Waals surface area contributed by atoms with E-state index >= 15 is 0 Å². The third kappa shape index (κ3) is 3.77. The molecule has 3 aromatic rings. The lowest BCUT2D eigenvalue weighted by Gasteiger charge is -2.25. The number of fused-ring (bicyclic) bond motifs is 1. The first-order valence-corrected chi connectivity index (χ1v) is 10.7. The number of hydrogen-bond acceptors (Lipinski definition) is 8. The van der Waals surface area contributed by atoms with Gasteiger partial charge in [-0.15, -0.1) is 11.3 Å². The average molecular weight is 434 g/mol. The lowest BCUT2D eigenvalue weighted by molar-refractivity contribution is -0.385. The Hall–Kier alpha value is -3.09. The highest BCUT2D eigenvalue weighted by Gasteiger charge is 2.31. The average Bonchev–Trinajstić information content (AvgIpc) is 3.37. The van der Waals surface area contributed by atoms with Crippen molar-refractivity contribution >= 4 is 38.1 Å². The maximum atomic E-state index is 12.9. The monoisotopic (exact) mass is 434 g/mol. The number of nitro groups is 1. The van der Waals surface area contributed by atoms with Crippen LogP contribution in [0.5, 0.6) is 0 Å². The van der Waals surface area contributed by atoms with Gasteiger partial charge in [0.05, 0.1) is 28.3 Å². The molecular formula is C17H14N4O6S2. The van der Waals surface area contributed by atoms with Crippen LogP contribution in [0.3, 0.4) is 0 Å². The van der Waals surface area contributed by atoms with Gasteiger partial charge in [-0.2, -0.15) is 4.31 Å². The third-order valence-electron chi connectivity index (χ3n) is 4.33. The number of carbonyl (C=O) groups excluding carboxylic acids is 1. The van der Waals surface area contributed by atoms with Crippen molar-refractivity contribution in [3.63, 3.8) is 0 Å². The lowest BCUT2D eigenvalue weighted by Crippen LogP contribution is -2.35. The fourth-order valence-electron chi connectivity index (χ4n) is 2.90. The van der Waals surface area contributed by atoms with Gasteiger partial charge >= 0.3 is 0 Å². The molecule has 10 nitrogen and oxygen atoms in total. The van der Waals surface area contributed by atoms with E-state index in [9.17, 15) is 23.3 Å². The largest absolute Gasteiger partial charge is 0.459 e. The standard InChI is InChI=1S/C17H14N4O6S2/c22-16(14-5-2-8-27-14)19-17-18-13-6-7-20(10-15(13)28-17)29(25,26)12-4-1-3-11(9-12)21(23)24/h1-5,8-9H,6-7,10H2,(H,18,19,22). The third-order valence-corrected chi connectivity index (χ3v) is 7.17. The van der Waals surface area contributed by atoms with E-state index in [-0.39, 0.29) is 29.4 Å². The van der Waals surface area contributed by atoms with Gasteiger partial charge in [-0.05, 0) is 18.2 Å². The maximum Gasteiger partial charge on any atom is 0.293 e. The summed E-state index contributed by atoms with van der Waals surface area (Å²) >= 11 is 1.18. The van der Waals surface area contributed by atoms with Crippen molar-refractivity contribution in [1.82, 2.24) is 9.29 Å². The molecule has 0 saturated heterocycles. The number of nitrogens with one attached hydrogen (secondary N) is 1. The molecule has 0 saturated carbocycles. The first-order chi connectivity index (χ1) is 13.8. The fourth-order valence-corrected chi connectivity index (χ4v) is 5.45. The Morgan fingerprint density at radius 3 is 2.86 bits per heavy atom. The molecule has 0 radical (unpaired) electrons. The summed E-state index contributed by atoms with van der Waals surface area (Å²) in [5.41, 5.74) is 0.430. The number of non-ortho nitro benzene ring substituents is 1. The van der Waals surface area contributed by atoms with Crippen LogP contribution in [-0.2, 0) is 23.0 Å². The summed E-state index contributed by atoms with van der Waals surface area (Å²) < 4.78 is 32.1. The number of sulfonamides is 1. The van der Waals surface area contributed by atoms with Crippen molar-refractivity contribution in [2.45, 2.75) is 17.9 Å². The molecule has 0 atom stereocenters. The second-order valence-electron chi connectivity index (χ2n) is 6.16. The molecule has 0 spiro atoms. The van der Waals surface area contributed by atoms with E-state index in [2.05, 4.69) is 10.3 Å². The van der Waals surface area contributed by atoms with Crippen LogP contribution in [0, 0.1) is 10.1 Å². The van der Waals surface area contributed by atoms with Gasteiger partial charge in [0.15, 0.2) is 10.9 Å². The fraction of sp³-hybridized carbons (Fsp3) is 0.176. The Morgan fingerprint density at radius 2 is 2.14 bits per heavy atom. The molecule has 1 aromatic carbocycles. The van der Waals surface area contributed by atoms with E-state index in [1.807, 2.05) is 0 Å². The topological polar surface area (TPSA) is 136 Å². The zero-order valence-corrected chi connectivity index (χ0v) is 16.4. The van der Waals surface area contributed by atoms with E-state index < -0.39 is 20.9 Å². The Labute approximate surface area is 169 Å². The molecule has 29 heavy (non-hydrogen) atoms. The summed E-state index contributed by atoms with van der Waals surface area (Å²) in [7, 11) is -3.90. The smallest absolute Gasteiger partial charge is 0.293 e. The van der Waals surface area contributed by atoms with Crippen molar-refractivity contribution in [1.29, 1.82) is 0 Å². The van der Waals surface area contributed by atoms with E-state index in [1.165, 1.54) is 46.2 Å². The number of furan rings is 1. The Bertz CT molecular complexity index is 1190. The second-order valence-corrected chi connectivity index (χ2v) is 9.18. The Kier molecular flexibility index (Phi) is 4.90. The van der Waals surface area contributed by atoms with Gasteiger partial charge in [-0.1, -0.05) is 6.07 Å². The van der Waals surface area contributed by atoms with E-state index in [0.29, 0.717) is 16.4 Å². The highest BCUT2D eigenvalue weighted by atomic mass is 32.2. The minimum absolute atomic E-state index is 0.0780. The van der Waals surface area contributed by atoms with Gasteiger partial charge in [-0.3, -0.25) is 20.2 Å². The lowest BCUT2D eigenvalue weighted by atomic mass is 10.2. The molecule has 1 amide bonds. The van der Waals surface area contributed by atoms with Gasteiger partial charge in [0.1, 0.15) is 0 Å². The molecule has 4 rings (SSSR count). The van der Waals surface area contributed by atoms with Crippen LogP contribution < -0.4 is 5.32 Å². The van der Waals surface area contributed by atoms with Crippen LogP contribution in [0.1, 0.15) is 21.1 Å². The predicted molar refractivity (Wildman–Crippen MR) is 103 cm³/mol. The van der Waals surface area contributed by atoms with Gasteiger partial charge in [0, 0.05) is 30.0 Å². The molecule has 0 aliphatic carbocycles. The second kappa shape index (κ2) is 7.39. The van der Waals surface area contributed by atoms with Crippen LogP contribution >= 0.6 is 11.3 Å². The molecule has 1 aliphatic heterocycles. The molecule has 0 fully saturated rings. The zero-order valence-electron chi connectivity index (χ0n) is 14.8. The first kappa shape index (κ1) is 19.2. The van der Waals surface area contributed by atoms with Crippen molar-refractivity contribution < 1.29 is 22.6 Å². The molecule has 150 valence electrons. The molecule has 0 unspecified atom stereocenters. The van der Waals surface area contributed by atoms with E-state index in [0.717, 1.165) is 11.8 Å². The highest BCUT2D eigenvalue weighted by molar-refractivity contribution is 7.89. The molecule has 0 bridgehead atoms. The van der Waals surface area contributed by atoms with Gasteiger partial charge in [0.25, 0.3) is 11.6 Å². The van der Waals surface area contributed by atoms with Crippen LogP contribution in [0.4, 0.5) is 10.8 Å². The van der Waals surface area contributed by atoms with Gasteiger partial charge < -0.3 is 4.42 Å². The highest BCUT2D eigenvalue weighted by Crippen LogP contribution is 2.32. The van der Waals surface area contributed by atoms with Crippen LogP contribution in [-0.4, -0.2) is 35.1 Å². The zero-order chi connectivity index (χ0) is 20.6. The maximum absolute atomic E-state index is 12.9. The normalized spacial score (nSPS) is 14.3. The quantitative estimate of drug-likeness (QED) is 0.481. The predicted octanol–water partition coefficient (Wildman–Crippen LogP) is 2.64. The van der Waals surface area contributed by atoms with Crippen molar-refractivity contribution in [2.75, 3.05) is 11.9 Å². The molecule has 1 N–H and O–H groups in total. The Morgan fingerprint density at radius 1 is 1.31 bits per heavy atom. The summed E-state index contributed by atoms with van der Waals surface area (Å²) in [5.74, 6) is -0.296. The molecule has 1 aliphatic rings. The minimum atomic E-state index is -3.90. The van der Waals surface area contributed by atoms with Crippen LogP contribution in [0.15, 0.2) is 52.0 Å². The number of anilines is 1. The number of rotatable bonds is 5. The summed E-state index contributed by atoms with van der Waals surface area (Å²) in [5, 5.41) is 13.9. The molecule has 2 aromatic heterocycles. The number of aromatic nitrogens is 1. The summed E-state index contributed by atoms with van der Waals surface area (Å²) in [6, 6.07) is 8.08. The number of carbonyl (C=O) groups is 1. The minimum Gasteiger partial charge on any atom is -0.459 e. The van der Waals surface area contributed by atoms with E-state index in [1.54, 1.807) is 6.07 Å². The molecule has 12 heteroatoms. The summed E-state index contributed by atoms with van der Waals surface area (Å²) in [6.07, 6.45) is 1.76. The Balaban J connectivity index is 1.54. The summed E-state index contributed by atoms with van der Waals surface area (Å²) in [4.78, 5) is 27.3. The molecule has 3 heterocycles. The first-order valence-electron chi connectivity index (χ1n) is 8.42. The van der Waals surface area contributed by atoms with Gasteiger partial charge in [-0.25, -0.2) is 13.4 Å². The number of benzene rings is 1. The SMILES string of the molecule is O=C(Nc1nc2c(s1)CN(S(=O)(=O)c1cccc([N+](=O)[O-])c1)CC2)c1ccco1. The number of nitrogens with zero attached hydrogens (tertiary/aromatic N) is 3. The number of hydrogen-bond donors (Lipinski definition) is 1. The van der Waals surface area contributed by atoms with Crippen molar-refractivity contribution in [2.24, 2.45) is 0 Å². The van der Waals surface area contributed by atoms with Crippen molar-refractivity contribution in [3.05, 3.63) is 69.1 Å². The van der Waals surface area contributed by atoms with Crippen LogP contribution in [0.25, 0.3) is 0 Å². The number of amides is 1. The van der Waals surface area contributed by atoms with Gasteiger partial charge in [0.2, 0.25) is 10.0 Å². The van der Waals surface area contributed by atoms with Crippen molar-refractivity contribution in [3.8, 4) is 0 Å². The number of thiazole rings is 1. The number of nitro benzene ring substituents is 1.